The van der Waals surface area contributed by atoms with Crippen LogP contribution in [-0.2, 0) is 0 Å². The van der Waals surface area contributed by atoms with Crippen LogP contribution in [0.3, 0.4) is 0 Å². The lowest BCUT2D eigenvalue weighted by Crippen LogP contribution is -2.22. The van der Waals surface area contributed by atoms with Gasteiger partial charge in [-0.3, -0.25) is 0 Å². The van der Waals surface area contributed by atoms with Crippen LogP contribution in [0.25, 0.3) is 11.5 Å². The minimum atomic E-state index is -4.46. The quantitative estimate of drug-likeness (QED) is 0.517. The summed E-state index contributed by atoms with van der Waals surface area (Å²) >= 11 is 0. The van der Waals surface area contributed by atoms with Crippen LogP contribution < -0.4 is 16.0 Å². The maximum atomic E-state index is 13.4. The summed E-state index contributed by atoms with van der Waals surface area (Å²) in [5.41, 5.74) is 0.326. The number of hydrogen-bond donors (Lipinski definition) is 3. The molecule has 0 saturated carbocycles. The van der Waals surface area contributed by atoms with Gasteiger partial charge in [-0.15, -0.1) is 0 Å². The first-order valence-corrected chi connectivity index (χ1v) is 8.30. The summed E-state index contributed by atoms with van der Waals surface area (Å²) in [7, 11) is 1.65. The fourth-order valence-corrected chi connectivity index (χ4v) is 2.38. The molecule has 3 N–H and O–H groups in total. The second kappa shape index (κ2) is 8.25. The van der Waals surface area contributed by atoms with Crippen LogP contribution in [-0.4, -0.2) is 34.7 Å². The Balaban J connectivity index is 1.99. The standard InChI is InChI=1S/C18H15F5N6/c1-24-14-4-2-3-13(27-14)17-28-15(25-9-18(21,22)23)8-16(29-17)26-12-6-10(19)5-11(20)7-12/h2-8H,9H2,1H3,(H,24,27)(H2,25,26,28,29). The number of aromatic nitrogens is 3. The fourth-order valence-electron chi connectivity index (χ4n) is 2.38. The number of halogens is 5. The van der Waals surface area contributed by atoms with Crippen molar-refractivity contribution in [2.45, 2.75) is 6.18 Å². The van der Waals surface area contributed by atoms with E-state index in [0.29, 0.717) is 17.6 Å². The van der Waals surface area contributed by atoms with Gasteiger partial charge in [0.1, 0.15) is 41.3 Å². The monoisotopic (exact) mass is 410 g/mol. The normalized spacial score (nSPS) is 11.2. The number of alkyl halides is 3. The summed E-state index contributed by atoms with van der Waals surface area (Å²) in [5, 5.41) is 7.66. The lowest BCUT2D eigenvalue weighted by Gasteiger charge is -2.13. The Morgan fingerprint density at radius 2 is 1.55 bits per heavy atom. The summed E-state index contributed by atoms with van der Waals surface area (Å²) in [6.45, 7) is -1.32. The lowest BCUT2D eigenvalue weighted by molar-refractivity contribution is -0.115. The highest BCUT2D eigenvalue weighted by atomic mass is 19.4. The van der Waals surface area contributed by atoms with Crippen molar-refractivity contribution in [3.8, 4) is 11.5 Å². The highest BCUT2D eigenvalue weighted by Gasteiger charge is 2.27. The average Bonchev–Trinajstić information content (AvgIpc) is 2.65. The number of anilines is 4. The van der Waals surface area contributed by atoms with E-state index in [1.54, 1.807) is 25.2 Å². The third kappa shape index (κ3) is 5.74. The number of rotatable bonds is 6. The maximum absolute atomic E-state index is 13.4. The van der Waals surface area contributed by atoms with Crippen molar-refractivity contribution in [1.29, 1.82) is 0 Å². The second-order valence-corrected chi connectivity index (χ2v) is 5.87. The number of benzene rings is 1. The SMILES string of the molecule is CNc1cccc(-c2nc(NCC(F)(F)F)cc(Nc3cc(F)cc(F)c3)n2)n1. The first kappa shape index (κ1) is 20.2. The maximum Gasteiger partial charge on any atom is 0.405 e. The first-order valence-electron chi connectivity index (χ1n) is 8.30. The molecule has 0 saturated heterocycles. The molecular formula is C18H15F5N6. The Morgan fingerprint density at radius 1 is 0.862 bits per heavy atom. The molecule has 11 heteroatoms. The van der Waals surface area contributed by atoms with Gasteiger partial charge in [0.2, 0.25) is 0 Å². The van der Waals surface area contributed by atoms with Crippen molar-refractivity contribution in [3.63, 3.8) is 0 Å². The largest absolute Gasteiger partial charge is 0.405 e. The van der Waals surface area contributed by atoms with E-state index in [-0.39, 0.29) is 23.1 Å². The van der Waals surface area contributed by atoms with Gasteiger partial charge in [0.05, 0.1) is 0 Å². The Hall–Kier alpha value is -3.50. The van der Waals surface area contributed by atoms with E-state index in [0.717, 1.165) is 12.1 Å². The molecule has 0 radical (unpaired) electrons. The number of pyridine rings is 1. The molecule has 0 aliphatic rings. The molecule has 3 aromatic rings. The summed E-state index contributed by atoms with van der Waals surface area (Å²) < 4.78 is 64.6. The van der Waals surface area contributed by atoms with Crippen LogP contribution in [0.5, 0.6) is 0 Å². The van der Waals surface area contributed by atoms with Crippen molar-refractivity contribution in [1.82, 2.24) is 15.0 Å². The Kier molecular flexibility index (Phi) is 5.76. The minimum absolute atomic E-state index is 0.0219. The third-order valence-corrected chi connectivity index (χ3v) is 3.57. The van der Waals surface area contributed by atoms with Gasteiger partial charge in [-0.25, -0.2) is 23.7 Å². The predicted octanol–water partition coefficient (Wildman–Crippen LogP) is 4.58. The fraction of sp³-hybridized carbons (Fsp3) is 0.167. The van der Waals surface area contributed by atoms with E-state index in [1.165, 1.54) is 6.07 Å². The molecule has 0 atom stereocenters. The molecule has 0 bridgehead atoms. The van der Waals surface area contributed by atoms with Crippen LogP contribution in [0.4, 0.5) is 45.1 Å². The molecule has 0 aliphatic heterocycles. The molecule has 0 spiro atoms. The molecule has 2 aromatic heterocycles. The molecule has 29 heavy (non-hydrogen) atoms. The van der Waals surface area contributed by atoms with E-state index in [2.05, 4.69) is 30.9 Å². The molecule has 3 rings (SSSR count). The van der Waals surface area contributed by atoms with E-state index >= 15 is 0 Å². The summed E-state index contributed by atoms with van der Waals surface area (Å²) in [6.07, 6.45) is -4.46. The smallest absolute Gasteiger partial charge is 0.373 e. The van der Waals surface area contributed by atoms with Gasteiger partial charge in [0.15, 0.2) is 5.82 Å². The van der Waals surface area contributed by atoms with Crippen LogP contribution in [0.2, 0.25) is 0 Å². The molecule has 0 aliphatic carbocycles. The Bertz CT molecular complexity index is 988. The molecule has 6 nitrogen and oxygen atoms in total. The lowest BCUT2D eigenvalue weighted by atomic mass is 10.3. The van der Waals surface area contributed by atoms with Crippen molar-refractivity contribution in [2.75, 3.05) is 29.5 Å². The topological polar surface area (TPSA) is 74.8 Å². The Morgan fingerprint density at radius 3 is 2.21 bits per heavy atom. The minimum Gasteiger partial charge on any atom is -0.373 e. The Labute approximate surface area is 162 Å². The molecular weight excluding hydrogens is 395 g/mol. The molecule has 152 valence electrons. The van der Waals surface area contributed by atoms with Gasteiger partial charge in [-0.2, -0.15) is 13.2 Å². The van der Waals surface area contributed by atoms with Crippen molar-refractivity contribution in [2.24, 2.45) is 0 Å². The summed E-state index contributed by atoms with van der Waals surface area (Å²) in [6, 6.07) is 8.86. The van der Waals surface area contributed by atoms with Crippen LogP contribution in [0.15, 0.2) is 42.5 Å². The highest BCUT2D eigenvalue weighted by molar-refractivity contribution is 5.64. The zero-order valence-corrected chi connectivity index (χ0v) is 15.0. The molecule has 0 unspecified atom stereocenters. The molecule has 0 fully saturated rings. The van der Waals surface area contributed by atoms with Crippen LogP contribution in [0.1, 0.15) is 0 Å². The van der Waals surface area contributed by atoms with E-state index in [4.69, 9.17) is 0 Å². The number of nitrogens with one attached hydrogen (secondary N) is 3. The van der Waals surface area contributed by atoms with E-state index in [1.807, 2.05) is 0 Å². The number of nitrogens with zero attached hydrogens (tertiary/aromatic N) is 3. The molecule has 2 heterocycles. The van der Waals surface area contributed by atoms with Crippen molar-refractivity contribution >= 4 is 23.1 Å². The zero-order chi connectivity index (χ0) is 21.0. The first-order chi connectivity index (χ1) is 13.7. The van der Waals surface area contributed by atoms with Crippen LogP contribution >= 0.6 is 0 Å². The molecule has 0 amide bonds. The number of hydrogen-bond acceptors (Lipinski definition) is 6. The van der Waals surface area contributed by atoms with Gasteiger partial charge in [0, 0.05) is 24.9 Å². The predicted molar refractivity (Wildman–Crippen MR) is 99.0 cm³/mol. The van der Waals surface area contributed by atoms with Gasteiger partial charge >= 0.3 is 6.18 Å². The van der Waals surface area contributed by atoms with E-state index < -0.39 is 24.4 Å². The van der Waals surface area contributed by atoms with Crippen LogP contribution in [0, 0.1) is 11.6 Å². The van der Waals surface area contributed by atoms with Crippen molar-refractivity contribution < 1.29 is 22.0 Å². The van der Waals surface area contributed by atoms with Gasteiger partial charge < -0.3 is 16.0 Å². The zero-order valence-electron chi connectivity index (χ0n) is 15.0. The van der Waals surface area contributed by atoms with Gasteiger partial charge in [-0.05, 0) is 24.3 Å². The van der Waals surface area contributed by atoms with E-state index in [9.17, 15) is 22.0 Å². The highest BCUT2D eigenvalue weighted by Crippen LogP contribution is 2.24. The molecule has 1 aromatic carbocycles. The summed E-state index contributed by atoms with van der Waals surface area (Å²) in [4.78, 5) is 12.5. The van der Waals surface area contributed by atoms with Crippen molar-refractivity contribution in [3.05, 3.63) is 54.1 Å². The van der Waals surface area contributed by atoms with Gasteiger partial charge in [-0.1, -0.05) is 6.07 Å². The second-order valence-electron chi connectivity index (χ2n) is 5.87. The third-order valence-electron chi connectivity index (χ3n) is 3.57. The van der Waals surface area contributed by atoms with Gasteiger partial charge in [0.25, 0.3) is 0 Å². The summed E-state index contributed by atoms with van der Waals surface area (Å²) in [5.74, 6) is -1.22. The average molecular weight is 410 g/mol.